The molecule has 0 aromatic carbocycles. The van der Waals surface area contributed by atoms with E-state index >= 15 is 0 Å². The van der Waals surface area contributed by atoms with Gasteiger partial charge in [0.05, 0.1) is 0 Å². The average molecular weight is 71.1 g/mol. The molecule has 29 valence electrons. The topological polar surface area (TPSA) is 0 Å². The molecule has 1 saturated carbocycles. The Morgan fingerprint density at radius 3 is 2.20 bits per heavy atom. The molecule has 1 radical (unpaired) electrons. The predicted octanol–water partition coefficient (Wildman–Crippen LogP) is 1.76. The summed E-state index contributed by atoms with van der Waals surface area (Å²) in [6.07, 6.45) is 5.62. The lowest BCUT2D eigenvalue weighted by molar-refractivity contribution is 0.886. The largest absolute Gasteiger partial charge is 0.0530 e. The summed E-state index contributed by atoms with van der Waals surface area (Å²) in [6, 6.07) is 0. The Balaban J connectivity index is 2.18. The van der Waals surface area contributed by atoms with Crippen LogP contribution in [-0.4, -0.2) is 0 Å². The molecule has 1 rings (SSSR count). The highest BCUT2D eigenvalue weighted by Gasteiger charge is 1.95. The van der Waals surface area contributed by atoms with Gasteiger partial charge < -0.3 is 0 Å². The average Bonchev–Trinajstić information content (AvgIpc) is 1.86. The van der Waals surface area contributed by atoms with E-state index in [0.717, 1.165) is 19.2 Å². The molecule has 1 aliphatic rings. The molecule has 0 aromatic rings. The van der Waals surface area contributed by atoms with Gasteiger partial charge in [-0.05, 0) is 6.40 Å². The van der Waals surface area contributed by atoms with Crippen molar-refractivity contribution < 1.29 is 1.37 Å². The normalized spacial score (nSPS) is 30.8. The van der Waals surface area contributed by atoms with Crippen molar-refractivity contribution in [3.63, 3.8) is 0 Å². The first-order chi connectivity index (χ1) is 2.89. The zero-order valence-corrected chi connectivity index (χ0v) is 3.33. The van der Waals surface area contributed by atoms with Crippen molar-refractivity contribution >= 4 is 0 Å². The fraction of sp³-hybridized carbons (Fsp3) is 0.800. The maximum Gasteiger partial charge on any atom is 0.0306 e. The first-order valence-corrected chi connectivity index (χ1v) is 2.21. The molecular weight excluding hydrogens is 60.1 g/mol. The second kappa shape index (κ2) is 1.44. The van der Waals surface area contributed by atoms with Gasteiger partial charge in [0.25, 0.3) is 0 Å². The molecule has 0 saturated heterocycles. The van der Waals surface area contributed by atoms with E-state index in [1.165, 1.54) is 12.8 Å². The smallest absolute Gasteiger partial charge is 0.0306 e. The van der Waals surface area contributed by atoms with Gasteiger partial charge in [-0.25, -0.2) is 0 Å². The van der Waals surface area contributed by atoms with Crippen LogP contribution in [0.3, 0.4) is 0 Å². The molecule has 0 heteroatoms. The Kier molecular flexibility index (Phi) is 0.640. The highest BCUT2D eigenvalue weighted by Crippen LogP contribution is 2.13. The first kappa shape index (κ1) is 2.22. The van der Waals surface area contributed by atoms with Crippen molar-refractivity contribution in [3.05, 3.63) is 6.40 Å². The van der Waals surface area contributed by atoms with Gasteiger partial charge in [-0.2, -0.15) is 0 Å². The molecule has 0 N–H and O–H groups in total. The summed E-state index contributed by atoms with van der Waals surface area (Å²) in [5.74, 6) is 0. The van der Waals surface area contributed by atoms with E-state index in [-0.39, 0.29) is 0 Å². The van der Waals surface area contributed by atoms with E-state index in [1.807, 2.05) is 0 Å². The van der Waals surface area contributed by atoms with Crippen LogP contribution in [0.25, 0.3) is 0 Å². The van der Waals surface area contributed by atoms with Gasteiger partial charge in [0.1, 0.15) is 0 Å². The van der Waals surface area contributed by atoms with Crippen molar-refractivity contribution in [2.75, 3.05) is 0 Å². The van der Waals surface area contributed by atoms with Crippen LogP contribution < -0.4 is 0 Å². The third-order valence-electron chi connectivity index (χ3n) is 0.957. The maximum absolute atomic E-state index is 7.05. The summed E-state index contributed by atoms with van der Waals surface area (Å²) in [4.78, 5) is 0. The van der Waals surface area contributed by atoms with E-state index in [4.69, 9.17) is 1.37 Å². The minimum absolute atomic E-state index is 0.954. The van der Waals surface area contributed by atoms with Crippen LogP contribution in [0.5, 0.6) is 0 Å². The van der Waals surface area contributed by atoms with E-state index in [0.29, 0.717) is 0 Å². The lowest BCUT2D eigenvalue weighted by atomic mass is 10.4. The molecule has 0 atom stereocenters. The fourth-order valence-electron chi connectivity index (χ4n) is 0.625. The van der Waals surface area contributed by atoms with Crippen molar-refractivity contribution in [3.8, 4) is 0 Å². The molecule has 0 bridgehead atoms. The van der Waals surface area contributed by atoms with Crippen LogP contribution in [0.4, 0.5) is 0 Å². The van der Waals surface area contributed by atoms with Crippen molar-refractivity contribution in [1.29, 1.82) is 0 Å². The second-order valence-electron chi connectivity index (χ2n) is 1.46. The van der Waals surface area contributed by atoms with Gasteiger partial charge in [-0.3, -0.25) is 0 Å². The van der Waals surface area contributed by atoms with Gasteiger partial charge in [0.2, 0.25) is 0 Å². The molecular formula is C5H9. The molecule has 5 heavy (non-hydrogen) atoms. The number of hydrogen-bond donors (Lipinski definition) is 0. The zero-order chi connectivity index (χ0) is 4.41. The third kappa shape index (κ3) is 0.640. The standard InChI is InChI=1S/C5H9/c1-2-4-5-3-1/h1H,2-5H2/i1T. The minimum Gasteiger partial charge on any atom is -0.0530 e. The molecule has 0 aromatic heterocycles. The molecule has 0 amide bonds. The fourth-order valence-corrected chi connectivity index (χ4v) is 0.625. The Morgan fingerprint density at radius 2 is 2.00 bits per heavy atom. The lowest BCUT2D eigenvalue weighted by Gasteiger charge is -1.67. The highest BCUT2D eigenvalue weighted by molar-refractivity contribution is 4.71. The van der Waals surface area contributed by atoms with Crippen LogP contribution >= 0.6 is 0 Å². The molecule has 1 aliphatic carbocycles. The van der Waals surface area contributed by atoms with Crippen LogP contribution in [-0.2, 0) is 0 Å². The Bertz CT molecular complexity index is 37.2. The minimum atomic E-state index is 0.954. The van der Waals surface area contributed by atoms with Gasteiger partial charge in [-0.15, -0.1) is 0 Å². The highest BCUT2D eigenvalue weighted by atomic mass is 14.0. The van der Waals surface area contributed by atoms with Crippen LogP contribution in [0.1, 0.15) is 27.1 Å². The van der Waals surface area contributed by atoms with Crippen LogP contribution in [0.15, 0.2) is 0 Å². The summed E-state index contributed by atoms with van der Waals surface area (Å²) < 4.78 is 7.05. The summed E-state index contributed by atoms with van der Waals surface area (Å²) in [6.45, 7) is 0. The van der Waals surface area contributed by atoms with Crippen molar-refractivity contribution in [1.82, 2.24) is 0 Å². The lowest BCUT2D eigenvalue weighted by Crippen LogP contribution is -1.50. The summed E-state index contributed by atoms with van der Waals surface area (Å²) in [5.41, 5.74) is 0. The first-order valence-electron chi connectivity index (χ1n) is 2.71. The Morgan fingerprint density at radius 1 is 1.40 bits per heavy atom. The zero-order valence-electron chi connectivity index (χ0n) is 4.33. The van der Waals surface area contributed by atoms with E-state index in [9.17, 15) is 0 Å². The van der Waals surface area contributed by atoms with Gasteiger partial charge in [-0.1, -0.05) is 25.7 Å². The Hall–Kier alpha value is 0. The monoisotopic (exact) mass is 71.1 g/mol. The summed E-state index contributed by atoms with van der Waals surface area (Å²) in [5, 5.41) is 0. The van der Waals surface area contributed by atoms with Crippen molar-refractivity contribution in [2.45, 2.75) is 25.7 Å². The number of rotatable bonds is 0. The summed E-state index contributed by atoms with van der Waals surface area (Å²) >= 11 is 0. The molecule has 0 unspecified atom stereocenters. The van der Waals surface area contributed by atoms with Gasteiger partial charge >= 0.3 is 0 Å². The molecule has 0 nitrogen and oxygen atoms in total. The third-order valence-corrected chi connectivity index (χ3v) is 0.957. The van der Waals surface area contributed by atoms with Crippen LogP contribution in [0, 0.1) is 6.40 Å². The van der Waals surface area contributed by atoms with Gasteiger partial charge in [0.15, 0.2) is 0 Å². The molecule has 0 heterocycles. The molecule has 0 spiro atoms. The van der Waals surface area contributed by atoms with Crippen LogP contribution in [0.2, 0.25) is 0 Å². The van der Waals surface area contributed by atoms with E-state index in [2.05, 4.69) is 0 Å². The van der Waals surface area contributed by atoms with Gasteiger partial charge in [0, 0.05) is 1.37 Å². The van der Waals surface area contributed by atoms with E-state index < -0.39 is 0 Å². The Labute approximate surface area is 34.6 Å². The molecule has 0 aliphatic heterocycles. The number of hydrogen-bond acceptors (Lipinski definition) is 0. The van der Waals surface area contributed by atoms with E-state index in [1.54, 1.807) is 0 Å². The second-order valence-corrected chi connectivity index (χ2v) is 1.46. The summed E-state index contributed by atoms with van der Waals surface area (Å²) in [7, 11) is 0. The molecule has 1 fully saturated rings. The SMILES string of the molecule is [3H][C]1CCCC1. The predicted molar refractivity (Wildman–Crippen MR) is 22.8 cm³/mol. The van der Waals surface area contributed by atoms with Crippen molar-refractivity contribution in [2.24, 2.45) is 0 Å². The quantitative estimate of drug-likeness (QED) is 0.408. The maximum atomic E-state index is 7.05.